The highest BCUT2D eigenvalue weighted by Crippen LogP contribution is 2.42. The Kier molecular flexibility index (Phi) is 5.70. The first kappa shape index (κ1) is 15.6. The summed E-state index contributed by atoms with van der Waals surface area (Å²) in [6, 6.07) is 4.10. The molecule has 2 N–H and O–H groups in total. The van der Waals surface area contributed by atoms with Crippen molar-refractivity contribution in [1.29, 1.82) is 0 Å². The van der Waals surface area contributed by atoms with Crippen molar-refractivity contribution in [2.24, 2.45) is 5.73 Å². The van der Waals surface area contributed by atoms with Crippen molar-refractivity contribution in [3.63, 3.8) is 0 Å². The number of halogens is 1. The number of ether oxygens (including phenoxy) is 1. The minimum atomic E-state index is 0.231. The normalized spacial score (nSPS) is 18.3. The molecule has 0 saturated heterocycles. The van der Waals surface area contributed by atoms with E-state index in [1.165, 1.54) is 36.8 Å². The minimum absolute atomic E-state index is 0.231. The molecule has 1 aromatic carbocycles. The molecule has 1 atom stereocenters. The molecule has 0 radical (unpaired) electrons. The number of unbranched alkanes of at least 4 members (excludes halogenated alkanes) is 3. The Balaban J connectivity index is 2.14. The van der Waals surface area contributed by atoms with Gasteiger partial charge in [0.15, 0.2) is 0 Å². The van der Waals surface area contributed by atoms with Gasteiger partial charge in [0.2, 0.25) is 0 Å². The molecule has 3 nitrogen and oxygen atoms in total. The van der Waals surface area contributed by atoms with E-state index in [2.05, 4.69) is 11.8 Å². The van der Waals surface area contributed by atoms with Gasteiger partial charge in [0.1, 0.15) is 5.75 Å². The van der Waals surface area contributed by atoms with Gasteiger partial charge < -0.3 is 10.5 Å². The standard InChI is InChI=1S/C16H25ClN2O/c1-3-4-5-6-9-19-11-12-15(20-2)8-7-13(17)16(12)14(19)10-18/h7-8,14H,3-6,9-11,18H2,1-2H3. The Morgan fingerprint density at radius 3 is 2.80 bits per heavy atom. The van der Waals surface area contributed by atoms with Gasteiger partial charge in [-0.3, -0.25) is 4.90 Å². The van der Waals surface area contributed by atoms with E-state index in [0.717, 1.165) is 23.9 Å². The van der Waals surface area contributed by atoms with Crippen LogP contribution in [-0.4, -0.2) is 25.1 Å². The summed E-state index contributed by atoms with van der Waals surface area (Å²) in [5, 5.41) is 0.812. The molecule has 0 amide bonds. The Morgan fingerprint density at radius 2 is 2.15 bits per heavy atom. The second-order valence-corrected chi connectivity index (χ2v) is 5.83. The maximum atomic E-state index is 6.38. The number of rotatable bonds is 7. The van der Waals surface area contributed by atoms with E-state index in [0.29, 0.717) is 6.54 Å². The van der Waals surface area contributed by atoms with E-state index >= 15 is 0 Å². The molecule has 0 saturated carbocycles. The van der Waals surface area contributed by atoms with Crippen LogP contribution in [0.4, 0.5) is 0 Å². The molecule has 1 aliphatic heterocycles. The molecule has 0 fully saturated rings. The maximum Gasteiger partial charge on any atom is 0.123 e. The molecule has 0 aromatic heterocycles. The largest absolute Gasteiger partial charge is 0.496 e. The van der Waals surface area contributed by atoms with Crippen molar-refractivity contribution in [2.45, 2.75) is 45.2 Å². The number of methoxy groups -OCH3 is 1. The molecular formula is C16H25ClN2O. The van der Waals surface area contributed by atoms with E-state index in [1.54, 1.807) is 7.11 Å². The lowest BCUT2D eigenvalue weighted by Gasteiger charge is -2.24. The first-order chi connectivity index (χ1) is 9.72. The summed E-state index contributed by atoms with van der Waals surface area (Å²) in [6.45, 7) is 4.82. The van der Waals surface area contributed by atoms with Crippen molar-refractivity contribution in [2.75, 3.05) is 20.2 Å². The molecule has 0 bridgehead atoms. The van der Waals surface area contributed by atoms with Gasteiger partial charge in [0.25, 0.3) is 0 Å². The van der Waals surface area contributed by atoms with Crippen LogP contribution in [0.25, 0.3) is 0 Å². The summed E-state index contributed by atoms with van der Waals surface area (Å²) in [6.07, 6.45) is 5.07. The van der Waals surface area contributed by atoms with Crippen LogP contribution in [0.2, 0.25) is 5.02 Å². The Bertz CT molecular complexity index is 450. The second-order valence-electron chi connectivity index (χ2n) is 5.42. The van der Waals surface area contributed by atoms with Crippen molar-refractivity contribution in [1.82, 2.24) is 4.90 Å². The summed E-state index contributed by atoms with van der Waals surface area (Å²) >= 11 is 6.38. The van der Waals surface area contributed by atoms with Crippen LogP contribution in [0.5, 0.6) is 5.75 Å². The zero-order chi connectivity index (χ0) is 14.5. The molecule has 1 unspecified atom stereocenters. The quantitative estimate of drug-likeness (QED) is 0.779. The summed E-state index contributed by atoms with van der Waals surface area (Å²) in [5.74, 6) is 0.930. The van der Waals surface area contributed by atoms with Gasteiger partial charge in [-0.2, -0.15) is 0 Å². The SMILES string of the molecule is CCCCCCN1Cc2c(OC)ccc(Cl)c2C1CN. The molecule has 4 heteroatoms. The predicted octanol–water partition coefficient (Wildman–Crippen LogP) is 3.74. The lowest BCUT2D eigenvalue weighted by Crippen LogP contribution is -2.29. The summed E-state index contributed by atoms with van der Waals surface area (Å²) in [7, 11) is 1.71. The third-order valence-electron chi connectivity index (χ3n) is 4.14. The minimum Gasteiger partial charge on any atom is -0.496 e. The third-order valence-corrected chi connectivity index (χ3v) is 4.47. The van der Waals surface area contributed by atoms with Crippen molar-refractivity contribution >= 4 is 11.6 Å². The van der Waals surface area contributed by atoms with Gasteiger partial charge in [-0.25, -0.2) is 0 Å². The van der Waals surface area contributed by atoms with Gasteiger partial charge in [-0.1, -0.05) is 37.8 Å². The molecule has 1 heterocycles. The Labute approximate surface area is 127 Å². The lowest BCUT2D eigenvalue weighted by atomic mass is 10.0. The van der Waals surface area contributed by atoms with Crippen molar-refractivity contribution in [3.8, 4) is 5.75 Å². The Morgan fingerprint density at radius 1 is 1.35 bits per heavy atom. The fraction of sp³-hybridized carbons (Fsp3) is 0.625. The smallest absolute Gasteiger partial charge is 0.123 e. The van der Waals surface area contributed by atoms with Crippen LogP contribution in [0.1, 0.15) is 49.8 Å². The Hall–Kier alpha value is -0.770. The number of benzene rings is 1. The average Bonchev–Trinajstić information content (AvgIpc) is 2.83. The monoisotopic (exact) mass is 296 g/mol. The molecule has 112 valence electrons. The van der Waals surface area contributed by atoms with E-state index in [9.17, 15) is 0 Å². The number of fused-ring (bicyclic) bond motifs is 1. The topological polar surface area (TPSA) is 38.5 Å². The average molecular weight is 297 g/mol. The lowest BCUT2D eigenvalue weighted by molar-refractivity contribution is 0.214. The highest BCUT2D eigenvalue weighted by molar-refractivity contribution is 6.31. The maximum absolute atomic E-state index is 6.38. The molecule has 1 aliphatic rings. The van der Waals surface area contributed by atoms with Crippen molar-refractivity contribution in [3.05, 3.63) is 28.3 Å². The molecule has 0 spiro atoms. The van der Waals surface area contributed by atoms with Gasteiger partial charge in [0, 0.05) is 29.7 Å². The first-order valence-corrected chi connectivity index (χ1v) is 7.90. The zero-order valence-electron chi connectivity index (χ0n) is 12.5. The van der Waals surface area contributed by atoms with Crippen LogP contribution < -0.4 is 10.5 Å². The molecule has 0 aliphatic carbocycles. The summed E-state index contributed by atoms with van der Waals surface area (Å²) < 4.78 is 5.47. The van der Waals surface area contributed by atoms with E-state index in [-0.39, 0.29) is 6.04 Å². The number of hydrogen-bond donors (Lipinski definition) is 1. The van der Waals surface area contributed by atoms with Gasteiger partial charge in [-0.15, -0.1) is 0 Å². The molecule has 1 aromatic rings. The van der Waals surface area contributed by atoms with E-state index in [4.69, 9.17) is 22.1 Å². The number of nitrogens with zero attached hydrogens (tertiary/aromatic N) is 1. The number of nitrogens with two attached hydrogens (primary N) is 1. The predicted molar refractivity (Wildman–Crippen MR) is 84.4 cm³/mol. The van der Waals surface area contributed by atoms with Crippen LogP contribution in [-0.2, 0) is 6.54 Å². The van der Waals surface area contributed by atoms with Gasteiger partial charge in [-0.05, 0) is 30.7 Å². The van der Waals surface area contributed by atoms with Crippen LogP contribution in [0, 0.1) is 0 Å². The third kappa shape index (κ3) is 3.11. The second kappa shape index (κ2) is 7.30. The van der Waals surface area contributed by atoms with Crippen molar-refractivity contribution < 1.29 is 4.74 Å². The summed E-state index contributed by atoms with van der Waals surface area (Å²) in [5.41, 5.74) is 8.37. The highest BCUT2D eigenvalue weighted by atomic mass is 35.5. The van der Waals surface area contributed by atoms with E-state index in [1.807, 2.05) is 12.1 Å². The fourth-order valence-electron chi connectivity index (χ4n) is 3.07. The molecular weight excluding hydrogens is 272 g/mol. The van der Waals surface area contributed by atoms with Crippen LogP contribution >= 0.6 is 11.6 Å². The molecule has 2 rings (SSSR count). The fourth-order valence-corrected chi connectivity index (χ4v) is 3.37. The van der Waals surface area contributed by atoms with Gasteiger partial charge >= 0.3 is 0 Å². The first-order valence-electron chi connectivity index (χ1n) is 7.52. The number of hydrogen-bond acceptors (Lipinski definition) is 3. The summed E-state index contributed by atoms with van der Waals surface area (Å²) in [4.78, 5) is 2.44. The highest BCUT2D eigenvalue weighted by Gasteiger charge is 2.32. The van der Waals surface area contributed by atoms with Crippen LogP contribution in [0.15, 0.2) is 12.1 Å². The van der Waals surface area contributed by atoms with E-state index < -0.39 is 0 Å². The van der Waals surface area contributed by atoms with Gasteiger partial charge in [0.05, 0.1) is 7.11 Å². The molecule has 20 heavy (non-hydrogen) atoms. The van der Waals surface area contributed by atoms with Crippen LogP contribution in [0.3, 0.4) is 0 Å². The zero-order valence-corrected chi connectivity index (χ0v) is 13.2.